The molecule has 7 heteroatoms. The van der Waals surface area contributed by atoms with Crippen molar-refractivity contribution in [3.8, 4) is 0 Å². The maximum absolute atomic E-state index is 15.5. The number of Topliss-reactive ketones (excluding diaryl/α,β-unsaturated/α-hetero) is 1. The van der Waals surface area contributed by atoms with Crippen molar-refractivity contribution in [1.29, 1.82) is 0 Å². The van der Waals surface area contributed by atoms with Crippen molar-refractivity contribution < 1.29 is 32.8 Å². The van der Waals surface area contributed by atoms with Crippen molar-refractivity contribution in [3.05, 3.63) is 35.9 Å². The molecule has 1 spiro atoms. The summed E-state index contributed by atoms with van der Waals surface area (Å²) in [6.07, 6.45) is 0.464. The van der Waals surface area contributed by atoms with Crippen LogP contribution in [0.3, 0.4) is 0 Å². The van der Waals surface area contributed by atoms with E-state index in [9.17, 15) is 4.79 Å². The van der Waals surface area contributed by atoms with Crippen LogP contribution in [0.5, 0.6) is 0 Å². The Bertz CT molecular complexity index is 832. The minimum absolute atomic E-state index is 0.0245. The van der Waals surface area contributed by atoms with Crippen LogP contribution < -0.4 is 0 Å². The van der Waals surface area contributed by atoms with Gasteiger partial charge in [-0.1, -0.05) is 44.2 Å². The predicted octanol–water partition coefficient (Wildman–Crippen LogP) is 4.76. The van der Waals surface area contributed by atoms with E-state index >= 15 is 8.78 Å². The van der Waals surface area contributed by atoms with E-state index in [-0.39, 0.29) is 17.4 Å². The zero-order chi connectivity index (χ0) is 21.3. The molecule has 8 atom stereocenters. The minimum atomic E-state index is -3.68. The Morgan fingerprint density at radius 1 is 1.07 bits per heavy atom. The largest absolute Gasteiger partial charge is 0.339 e. The zero-order valence-corrected chi connectivity index (χ0v) is 17.5. The summed E-state index contributed by atoms with van der Waals surface area (Å²) in [7, 11) is 0. The lowest BCUT2D eigenvalue weighted by Gasteiger charge is -2.60. The summed E-state index contributed by atoms with van der Waals surface area (Å²) >= 11 is 0. The van der Waals surface area contributed by atoms with Gasteiger partial charge in [-0.25, -0.2) is 9.78 Å². The molecular weight excluding hydrogens is 394 g/mol. The van der Waals surface area contributed by atoms with Gasteiger partial charge in [-0.2, -0.15) is 8.78 Å². The quantitative estimate of drug-likeness (QED) is 0.520. The number of rotatable bonds is 3. The molecule has 4 aliphatic heterocycles. The smallest absolute Gasteiger partial charge is 0.335 e. The first-order chi connectivity index (χ1) is 14.2. The van der Waals surface area contributed by atoms with Gasteiger partial charge >= 0.3 is 5.92 Å². The third kappa shape index (κ3) is 2.75. The Morgan fingerprint density at radius 3 is 2.53 bits per heavy atom. The van der Waals surface area contributed by atoms with E-state index < -0.39 is 41.4 Å². The Balaban J connectivity index is 1.53. The molecule has 30 heavy (non-hydrogen) atoms. The molecule has 0 amide bonds. The van der Waals surface area contributed by atoms with Gasteiger partial charge in [0.15, 0.2) is 11.9 Å². The number of hydrogen-bond acceptors (Lipinski definition) is 5. The van der Waals surface area contributed by atoms with Gasteiger partial charge in [-0.3, -0.25) is 4.79 Å². The van der Waals surface area contributed by atoms with Crippen molar-refractivity contribution in [2.75, 3.05) is 0 Å². The van der Waals surface area contributed by atoms with Gasteiger partial charge in [0.2, 0.25) is 11.6 Å². The third-order valence-corrected chi connectivity index (χ3v) is 7.85. The second kappa shape index (κ2) is 6.79. The maximum Gasteiger partial charge on any atom is 0.335 e. The summed E-state index contributed by atoms with van der Waals surface area (Å²) in [6, 6.07) is 7.67. The molecule has 4 saturated heterocycles. The van der Waals surface area contributed by atoms with Crippen LogP contribution in [-0.4, -0.2) is 35.5 Å². The van der Waals surface area contributed by atoms with Gasteiger partial charge in [-0.05, 0) is 43.9 Å². The number of benzene rings is 1. The number of hydrogen-bond donors (Lipinski definition) is 0. The van der Waals surface area contributed by atoms with Crippen LogP contribution >= 0.6 is 0 Å². The Kier molecular flexibility index (Phi) is 4.64. The monoisotopic (exact) mass is 422 g/mol. The highest BCUT2D eigenvalue weighted by Gasteiger charge is 2.72. The summed E-state index contributed by atoms with van der Waals surface area (Å²) in [5.41, 5.74) is -0.946. The summed E-state index contributed by atoms with van der Waals surface area (Å²) in [6.45, 7) is 5.66. The number of carbonyl (C=O) groups excluding carboxylic acids is 1. The predicted molar refractivity (Wildman–Crippen MR) is 103 cm³/mol. The molecule has 1 aliphatic carbocycles. The van der Waals surface area contributed by atoms with Crippen LogP contribution in [0.2, 0.25) is 0 Å². The Labute approximate surface area is 174 Å². The third-order valence-electron chi connectivity index (χ3n) is 7.85. The van der Waals surface area contributed by atoms with E-state index in [0.29, 0.717) is 18.8 Å². The molecule has 5 nitrogen and oxygen atoms in total. The van der Waals surface area contributed by atoms with E-state index in [0.717, 1.165) is 12.8 Å². The molecule has 2 bridgehead atoms. The summed E-state index contributed by atoms with van der Waals surface area (Å²) in [4.78, 5) is 24.5. The van der Waals surface area contributed by atoms with Gasteiger partial charge in [0.05, 0.1) is 0 Å². The molecule has 0 N–H and O–H groups in total. The van der Waals surface area contributed by atoms with Crippen molar-refractivity contribution in [3.63, 3.8) is 0 Å². The van der Waals surface area contributed by atoms with E-state index in [4.69, 9.17) is 19.2 Å². The van der Waals surface area contributed by atoms with Crippen molar-refractivity contribution in [2.45, 2.75) is 76.2 Å². The highest BCUT2D eigenvalue weighted by molar-refractivity contribution is 6.01. The van der Waals surface area contributed by atoms with E-state index in [1.54, 1.807) is 32.0 Å². The molecule has 164 valence electrons. The first-order valence-corrected chi connectivity index (χ1v) is 10.9. The van der Waals surface area contributed by atoms with E-state index in [2.05, 4.69) is 6.92 Å². The number of alkyl halides is 2. The lowest BCUT2D eigenvalue weighted by atomic mass is 9.57. The van der Waals surface area contributed by atoms with Crippen molar-refractivity contribution >= 4 is 5.78 Å². The number of fused-ring (bicyclic) bond motifs is 2. The number of ether oxygens (including phenoxy) is 2. The second-order valence-electron chi connectivity index (χ2n) is 9.64. The highest BCUT2D eigenvalue weighted by Crippen LogP contribution is 2.61. The summed E-state index contributed by atoms with van der Waals surface area (Å²) in [5.74, 6) is -6.37. The fraction of sp³-hybridized carbons (Fsp3) is 0.696. The normalized spacial score (nSPS) is 45.5. The van der Waals surface area contributed by atoms with Crippen LogP contribution in [-0.2, 0) is 19.2 Å². The fourth-order valence-electron chi connectivity index (χ4n) is 6.23. The van der Waals surface area contributed by atoms with Crippen molar-refractivity contribution in [1.82, 2.24) is 0 Å². The Hall–Kier alpha value is -1.41. The second-order valence-corrected chi connectivity index (χ2v) is 9.64. The lowest BCUT2D eigenvalue weighted by Crippen LogP contribution is -2.72. The molecule has 0 radical (unpaired) electrons. The van der Waals surface area contributed by atoms with Crippen LogP contribution in [0.25, 0.3) is 0 Å². The molecule has 1 aromatic rings. The fourth-order valence-corrected chi connectivity index (χ4v) is 6.23. The lowest BCUT2D eigenvalue weighted by molar-refractivity contribution is -0.573. The molecule has 1 saturated carbocycles. The molecule has 5 fully saturated rings. The van der Waals surface area contributed by atoms with Gasteiger partial charge in [0.1, 0.15) is 6.10 Å². The van der Waals surface area contributed by atoms with E-state index in [1.807, 2.05) is 0 Å². The molecule has 0 unspecified atom stereocenters. The highest BCUT2D eigenvalue weighted by atomic mass is 19.3. The topological polar surface area (TPSA) is 54.0 Å². The van der Waals surface area contributed by atoms with E-state index in [1.165, 1.54) is 12.1 Å². The van der Waals surface area contributed by atoms with Crippen LogP contribution in [0.4, 0.5) is 8.78 Å². The molecule has 4 heterocycles. The summed E-state index contributed by atoms with van der Waals surface area (Å²) < 4.78 is 43.2. The van der Waals surface area contributed by atoms with Crippen LogP contribution in [0, 0.1) is 23.7 Å². The zero-order valence-electron chi connectivity index (χ0n) is 17.5. The van der Waals surface area contributed by atoms with Crippen molar-refractivity contribution in [2.24, 2.45) is 23.7 Å². The number of halogens is 2. The van der Waals surface area contributed by atoms with Gasteiger partial charge < -0.3 is 9.47 Å². The first kappa shape index (κ1) is 20.5. The number of ketones is 1. The first-order valence-electron chi connectivity index (χ1n) is 10.9. The molecule has 0 aromatic heterocycles. The summed E-state index contributed by atoms with van der Waals surface area (Å²) in [5, 5.41) is 0. The molecule has 5 aliphatic rings. The van der Waals surface area contributed by atoms with Crippen LogP contribution in [0.1, 0.15) is 56.8 Å². The average molecular weight is 422 g/mol. The SMILES string of the molecule is C[C@@H]1[C@@H](C(F)(F)C(=O)c2ccccc2)O[C@@H]2O[C@@]3(C)CC[C@H]4[C@H](C)CC[C@@H]1[C@@]24OO3. The van der Waals surface area contributed by atoms with Gasteiger partial charge in [0.25, 0.3) is 0 Å². The van der Waals surface area contributed by atoms with Gasteiger partial charge in [0, 0.05) is 17.9 Å². The maximum atomic E-state index is 15.5. The Morgan fingerprint density at radius 2 is 1.80 bits per heavy atom. The molecule has 6 rings (SSSR count). The average Bonchev–Trinajstić information content (AvgIpc) is 2.96. The minimum Gasteiger partial charge on any atom is -0.339 e. The number of carbonyl (C=O) groups is 1. The van der Waals surface area contributed by atoms with Crippen LogP contribution in [0.15, 0.2) is 30.3 Å². The molecular formula is C23H28F2O5. The molecule has 1 aromatic carbocycles. The van der Waals surface area contributed by atoms with Gasteiger partial charge in [-0.15, -0.1) is 0 Å². The standard InChI is InChI=1S/C23H28F2O5/c1-13-9-10-17-14(2)19(23(24,25)18(26)15-7-5-4-6-8-15)27-20-22(17)16(13)11-12-21(3,28-20)29-30-22/h4-8,13-14,16-17,19-20H,9-12H2,1-3H3/t13-,14+,16+,17+,19+,20-,21-,22-/m1/s1.